The quantitative estimate of drug-likeness (QED) is 0.585. The van der Waals surface area contributed by atoms with E-state index in [0.717, 1.165) is 16.9 Å². The molecule has 134 valence electrons. The Hall–Kier alpha value is -3.67. The largest absolute Gasteiger partial charge is 0.456 e. The number of aromatic nitrogens is 3. The Balaban J connectivity index is 1.43. The molecular weight excluding hydrogens is 340 g/mol. The van der Waals surface area contributed by atoms with Crippen molar-refractivity contribution in [3.8, 4) is 11.5 Å². The number of carbonyl (C=O) groups is 1. The van der Waals surface area contributed by atoms with E-state index in [4.69, 9.17) is 4.74 Å². The van der Waals surface area contributed by atoms with Gasteiger partial charge in [-0.25, -0.2) is 4.98 Å². The van der Waals surface area contributed by atoms with E-state index >= 15 is 0 Å². The highest BCUT2D eigenvalue weighted by Crippen LogP contribution is 2.21. The van der Waals surface area contributed by atoms with Crippen LogP contribution in [0, 0.1) is 0 Å². The summed E-state index contributed by atoms with van der Waals surface area (Å²) in [6.45, 7) is 0.404. The second kappa shape index (κ2) is 7.29. The molecule has 0 aliphatic rings. The summed E-state index contributed by atoms with van der Waals surface area (Å²) in [5, 5.41) is 0. The fourth-order valence-electron chi connectivity index (χ4n) is 2.81. The molecular formula is C21H18N4O2. The van der Waals surface area contributed by atoms with E-state index in [-0.39, 0.29) is 5.91 Å². The first-order valence-corrected chi connectivity index (χ1v) is 8.56. The lowest BCUT2D eigenvalue weighted by Gasteiger charge is -2.16. The highest BCUT2D eigenvalue weighted by atomic mass is 16.5. The first kappa shape index (κ1) is 16.8. The number of benzene rings is 2. The van der Waals surface area contributed by atoms with Gasteiger partial charge < -0.3 is 14.6 Å². The number of hydrogen-bond acceptors (Lipinski definition) is 4. The van der Waals surface area contributed by atoms with Gasteiger partial charge >= 0.3 is 0 Å². The van der Waals surface area contributed by atoms with Gasteiger partial charge in [-0.2, -0.15) is 0 Å². The Bertz CT molecular complexity index is 1030. The number of carbonyl (C=O) groups excluding carboxylic acids is 1. The lowest BCUT2D eigenvalue weighted by atomic mass is 10.2. The number of ether oxygens (including phenoxy) is 1. The van der Waals surface area contributed by atoms with Gasteiger partial charge in [-0.05, 0) is 48.5 Å². The highest BCUT2D eigenvalue weighted by molar-refractivity contribution is 5.94. The molecule has 0 saturated carbocycles. The van der Waals surface area contributed by atoms with Crippen LogP contribution in [0.15, 0.2) is 73.1 Å². The summed E-state index contributed by atoms with van der Waals surface area (Å²) in [6.07, 6.45) is 3.33. The number of amides is 1. The zero-order valence-corrected chi connectivity index (χ0v) is 14.8. The number of fused-ring (bicyclic) bond motifs is 1. The number of para-hydroxylation sites is 2. The van der Waals surface area contributed by atoms with E-state index in [1.54, 1.807) is 54.7 Å². The molecule has 4 rings (SSSR count). The molecule has 6 nitrogen and oxygen atoms in total. The number of imidazole rings is 1. The summed E-state index contributed by atoms with van der Waals surface area (Å²) in [5.74, 6) is 1.98. The van der Waals surface area contributed by atoms with Gasteiger partial charge in [0.25, 0.3) is 5.91 Å². The predicted octanol–water partition coefficient (Wildman–Crippen LogP) is 4.02. The minimum absolute atomic E-state index is 0.0802. The summed E-state index contributed by atoms with van der Waals surface area (Å²) in [5.41, 5.74) is 2.45. The molecule has 27 heavy (non-hydrogen) atoms. The summed E-state index contributed by atoms with van der Waals surface area (Å²) in [6, 6.07) is 18.5. The van der Waals surface area contributed by atoms with Crippen LogP contribution in [0.3, 0.4) is 0 Å². The Morgan fingerprint density at radius 1 is 1.04 bits per heavy atom. The van der Waals surface area contributed by atoms with E-state index in [9.17, 15) is 4.79 Å². The van der Waals surface area contributed by atoms with E-state index in [0.29, 0.717) is 23.6 Å². The SMILES string of the molecule is CN(Cc1nc2ccccc2[nH]1)C(=O)c1ccc(Oc2cccnc2)cc1. The number of pyridine rings is 1. The number of aromatic amines is 1. The van der Waals surface area contributed by atoms with E-state index < -0.39 is 0 Å². The minimum atomic E-state index is -0.0802. The molecule has 2 aromatic heterocycles. The van der Waals surface area contributed by atoms with Gasteiger partial charge in [0.05, 0.1) is 23.8 Å². The molecule has 0 bridgehead atoms. The minimum Gasteiger partial charge on any atom is -0.456 e. The molecule has 6 heteroatoms. The Morgan fingerprint density at radius 3 is 2.59 bits per heavy atom. The van der Waals surface area contributed by atoms with Crippen LogP contribution >= 0.6 is 0 Å². The average Bonchev–Trinajstić information content (AvgIpc) is 3.11. The van der Waals surface area contributed by atoms with Crippen LogP contribution in [0.1, 0.15) is 16.2 Å². The number of nitrogens with zero attached hydrogens (tertiary/aromatic N) is 3. The van der Waals surface area contributed by atoms with Crippen molar-refractivity contribution in [2.75, 3.05) is 7.05 Å². The van der Waals surface area contributed by atoms with Crippen LogP contribution in [-0.4, -0.2) is 32.8 Å². The fourth-order valence-corrected chi connectivity index (χ4v) is 2.81. The van der Waals surface area contributed by atoms with Gasteiger partial charge in [-0.15, -0.1) is 0 Å². The molecule has 2 heterocycles. The third kappa shape index (κ3) is 3.79. The maximum absolute atomic E-state index is 12.7. The Labute approximate surface area is 156 Å². The lowest BCUT2D eigenvalue weighted by molar-refractivity contribution is 0.0782. The number of rotatable bonds is 5. The zero-order valence-electron chi connectivity index (χ0n) is 14.8. The second-order valence-corrected chi connectivity index (χ2v) is 6.18. The average molecular weight is 358 g/mol. The second-order valence-electron chi connectivity index (χ2n) is 6.18. The monoisotopic (exact) mass is 358 g/mol. The van der Waals surface area contributed by atoms with Crippen LogP contribution in [0.25, 0.3) is 11.0 Å². The van der Waals surface area contributed by atoms with Crippen molar-refractivity contribution in [2.24, 2.45) is 0 Å². The topological polar surface area (TPSA) is 71.1 Å². The number of hydrogen-bond donors (Lipinski definition) is 1. The van der Waals surface area contributed by atoms with Crippen molar-refractivity contribution in [1.82, 2.24) is 19.9 Å². The number of H-pyrrole nitrogens is 1. The van der Waals surface area contributed by atoms with Crippen molar-refractivity contribution >= 4 is 16.9 Å². The summed E-state index contributed by atoms with van der Waals surface area (Å²) in [7, 11) is 1.76. The summed E-state index contributed by atoms with van der Waals surface area (Å²) in [4.78, 5) is 26.1. The van der Waals surface area contributed by atoms with Gasteiger partial charge in [0.15, 0.2) is 0 Å². The fraction of sp³-hybridized carbons (Fsp3) is 0.0952. The molecule has 0 atom stereocenters. The summed E-state index contributed by atoms with van der Waals surface area (Å²) < 4.78 is 5.70. The van der Waals surface area contributed by atoms with Crippen LogP contribution in [0.2, 0.25) is 0 Å². The first-order chi connectivity index (χ1) is 13.2. The summed E-state index contributed by atoms with van der Waals surface area (Å²) >= 11 is 0. The van der Waals surface area contributed by atoms with Gasteiger partial charge in [0, 0.05) is 18.8 Å². The maximum Gasteiger partial charge on any atom is 0.254 e. The molecule has 0 radical (unpaired) electrons. The van der Waals surface area contributed by atoms with Gasteiger partial charge in [-0.1, -0.05) is 12.1 Å². The third-order valence-electron chi connectivity index (χ3n) is 4.14. The molecule has 4 aromatic rings. The van der Waals surface area contributed by atoms with Crippen LogP contribution in [-0.2, 0) is 6.54 Å². The van der Waals surface area contributed by atoms with Crippen molar-refractivity contribution in [1.29, 1.82) is 0 Å². The molecule has 1 N–H and O–H groups in total. The highest BCUT2D eigenvalue weighted by Gasteiger charge is 2.14. The molecule has 0 unspecified atom stereocenters. The third-order valence-corrected chi connectivity index (χ3v) is 4.14. The Kier molecular flexibility index (Phi) is 4.53. The molecule has 2 aromatic carbocycles. The Morgan fingerprint density at radius 2 is 1.85 bits per heavy atom. The van der Waals surface area contributed by atoms with Crippen LogP contribution in [0.4, 0.5) is 0 Å². The van der Waals surface area contributed by atoms with Gasteiger partial charge in [0.1, 0.15) is 17.3 Å². The zero-order chi connectivity index (χ0) is 18.6. The first-order valence-electron chi connectivity index (χ1n) is 8.56. The molecule has 0 spiro atoms. The van der Waals surface area contributed by atoms with Gasteiger partial charge in [-0.3, -0.25) is 9.78 Å². The van der Waals surface area contributed by atoms with Crippen LogP contribution in [0.5, 0.6) is 11.5 Å². The van der Waals surface area contributed by atoms with E-state index in [1.807, 2.05) is 30.3 Å². The van der Waals surface area contributed by atoms with Gasteiger partial charge in [0.2, 0.25) is 0 Å². The molecule has 0 saturated heterocycles. The smallest absolute Gasteiger partial charge is 0.254 e. The van der Waals surface area contributed by atoms with Crippen molar-refractivity contribution in [3.63, 3.8) is 0 Å². The van der Waals surface area contributed by atoms with Crippen LogP contribution < -0.4 is 4.74 Å². The van der Waals surface area contributed by atoms with E-state index in [2.05, 4.69) is 15.0 Å². The maximum atomic E-state index is 12.7. The van der Waals surface area contributed by atoms with Crippen molar-refractivity contribution in [3.05, 3.63) is 84.4 Å². The molecule has 1 amide bonds. The van der Waals surface area contributed by atoms with Crippen molar-refractivity contribution < 1.29 is 9.53 Å². The van der Waals surface area contributed by atoms with Crippen molar-refractivity contribution in [2.45, 2.75) is 6.54 Å². The lowest BCUT2D eigenvalue weighted by Crippen LogP contribution is -2.26. The molecule has 0 aliphatic carbocycles. The normalized spacial score (nSPS) is 10.7. The predicted molar refractivity (Wildman–Crippen MR) is 103 cm³/mol. The number of nitrogens with one attached hydrogen (secondary N) is 1. The molecule has 0 aliphatic heterocycles. The standard InChI is InChI=1S/C21H18N4O2/c1-25(14-20-23-18-6-2-3-7-19(18)24-20)21(26)15-8-10-16(11-9-15)27-17-5-4-12-22-13-17/h2-13H,14H2,1H3,(H,23,24). The molecule has 0 fully saturated rings. The van der Waals surface area contributed by atoms with E-state index in [1.165, 1.54) is 0 Å².